The van der Waals surface area contributed by atoms with E-state index in [1.165, 1.54) is 11.1 Å². The second-order valence-corrected chi connectivity index (χ2v) is 5.94. The standard InChI is InChI=1S/C16H17BrN2O/c1-11-3-2-7-18-15(11)10-19-14-6-8-20-16-5-4-12(17)9-13(14)16/h2-5,7,9,14,19H,6,8,10H2,1H3. The maximum Gasteiger partial charge on any atom is 0.124 e. The molecule has 1 aliphatic heterocycles. The largest absolute Gasteiger partial charge is 0.493 e. The number of hydrogen-bond acceptors (Lipinski definition) is 3. The number of halogens is 1. The molecule has 1 N–H and O–H groups in total. The molecule has 1 aromatic heterocycles. The van der Waals surface area contributed by atoms with E-state index in [9.17, 15) is 0 Å². The molecule has 0 bridgehead atoms. The highest BCUT2D eigenvalue weighted by atomic mass is 79.9. The molecule has 0 spiro atoms. The number of benzene rings is 1. The van der Waals surface area contributed by atoms with Gasteiger partial charge in [-0.1, -0.05) is 22.0 Å². The fraction of sp³-hybridized carbons (Fsp3) is 0.312. The second-order valence-electron chi connectivity index (χ2n) is 5.02. The van der Waals surface area contributed by atoms with Crippen LogP contribution in [0.15, 0.2) is 41.0 Å². The first-order valence-electron chi connectivity index (χ1n) is 6.80. The Labute approximate surface area is 127 Å². The van der Waals surface area contributed by atoms with Crippen molar-refractivity contribution in [3.8, 4) is 5.75 Å². The molecule has 0 saturated heterocycles. The summed E-state index contributed by atoms with van der Waals surface area (Å²) in [5.74, 6) is 0.981. The van der Waals surface area contributed by atoms with Gasteiger partial charge in [0.05, 0.1) is 12.3 Å². The van der Waals surface area contributed by atoms with Crippen molar-refractivity contribution in [3.05, 3.63) is 57.8 Å². The lowest BCUT2D eigenvalue weighted by Gasteiger charge is -2.27. The maximum absolute atomic E-state index is 5.71. The Morgan fingerprint density at radius 3 is 3.15 bits per heavy atom. The van der Waals surface area contributed by atoms with E-state index < -0.39 is 0 Å². The predicted molar refractivity (Wildman–Crippen MR) is 82.8 cm³/mol. The Hall–Kier alpha value is -1.39. The molecule has 4 heteroatoms. The molecule has 1 aromatic carbocycles. The number of ether oxygens (including phenoxy) is 1. The summed E-state index contributed by atoms with van der Waals surface area (Å²) < 4.78 is 6.79. The highest BCUT2D eigenvalue weighted by molar-refractivity contribution is 9.10. The minimum absolute atomic E-state index is 0.317. The zero-order valence-electron chi connectivity index (χ0n) is 11.4. The second kappa shape index (κ2) is 5.94. The molecule has 104 valence electrons. The van der Waals surface area contributed by atoms with Crippen LogP contribution < -0.4 is 10.1 Å². The van der Waals surface area contributed by atoms with Crippen LogP contribution in [0.1, 0.15) is 29.3 Å². The lowest BCUT2D eigenvalue weighted by Crippen LogP contribution is -2.27. The first-order chi connectivity index (χ1) is 9.74. The molecule has 3 nitrogen and oxygen atoms in total. The maximum atomic E-state index is 5.71. The molecule has 1 aliphatic rings. The van der Waals surface area contributed by atoms with E-state index in [1.807, 2.05) is 24.4 Å². The number of hydrogen-bond donors (Lipinski definition) is 1. The Bertz CT molecular complexity index is 615. The summed E-state index contributed by atoms with van der Waals surface area (Å²) >= 11 is 3.53. The van der Waals surface area contributed by atoms with Crippen molar-refractivity contribution in [1.82, 2.24) is 10.3 Å². The van der Waals surface area contributed by atoms with Gasteiger partial charge >= 0.3 is 0 Å². The van der Waals surface area contributed by atoms with E-state index in [-0.39, 0.29) is 0 Å². The zero-order valence-corrected chi connectivity index (χ0v) is 13.0. The minimum Gasteiger partial charge on any atom is -0.493 e. The number of aryl methyl sites for hydroxylation is 1. The van der Waals surface area contributed by atoms with Gasteiger partial charge in [-0.3, -0.25) is 4.98 Å². The SMILES string of the molecule is Cc1cccnc1CNC1CCOc2ccc(Br)cc21. The van der Waals surface area contributed by atoms with E-state index >= 15 is 0 Å². The third kappa shape index (κ3) is 2.86. The number of aromatic nitrogens is 1. The topological polar surface area (TPSA) is 34.2 Å². The van der Waals surface area contributed by atoms with Gasteiger partial charge in [0.25, 0.3) is 0 Å². The molecule has 0 aliphatic carbocycles. The molecule has 0 fully saturated rings. The van der Waals surface area contributed by atoms with Crippen molar-refractivity contribution >= 4 is 15.9 Å². The van der Waals surface area contributed by atoms with Crippen LogP contribution in [0.3, 0.4) is 0 Å². The summed E-state index contributed by atoms with van der Waals surface area (Å²) in [5.41, 5.74) is 3.55. The number of fused-ring (bicyclic) bond motifs is 1. The molecule has 1 atom stereocenters. The van der Waals surface area contributed by atoms with Gasteiger partial charge in [-0.25, -0.2) is 0 Å². The minimum atomic E-state index is 0.317. The van der Waals surface area contributed by atoms with Crippen molar-refractivity contribution in [1.29, 1.82) is 0 Å². The van der Waals surface area contributed by atoms with E-state index in [0.29, 0.717) is 6.04 Å². The molecule has 2 heterocycles. The molecular formula is C16H17BrN2O. The molecule has 2 aromatic rings. The van der Waals surface area contributed by atoms with Gasteiger partial charge < -0.3 is 10.1 Å². The summed E-state index contributed by atoms with van der Waals surface area (Å²) in [5, 5.41) is 3.60. The number of rotatable bonds is 3. The van der Waals surface area contributed by atoms with Crippen molar-refractivity contribution < 1.29 is 4.74 Å². The summed E-state index contributed by atoms with van der Waals surface area (Å²) in [6.07, 6.45) is 2.83. The summed E-state index contributed by atoms with van der Waals surface area (Å²) in [6, 6.07) is 10.6. The van der Waals surface area contributed by atoms with Gasteiger partial charge in [0.2, 0.25) is 0 Å². The molecule has 0 amide bonds. The van der Waals surface area contributed by atoms with Crippen LogP contribution in [0.4, 0.5) is 0 Å². The van der Waals surface area contributed by atoms with Gasteiger partial charge in [-0.2, -0.15) is 0 Å². The molecular weight excluding hydrogens is 316 g/mol. The summed E-state index contributed by atoms with van der Waals surface area (Å²) in [6.45, 7) is 3.63. The van der Waals surface area contributed by atoms with Crippen molar-refractivity contribution in [2.75, 3.05) is 6.61 Å². The molecule has 3 rings (SSSR count). The third-order valence-electron chi connectivity index (χ3n) is 3.65. The van der Waals surface area contributed by atoms with Gasteiger partial charge in [-0.05, 0) is 36.8 Å². The van der Waals surface area contributed by atoms with Gasteiger partial charge in [0.1, 0.15) is 5.75 Å². The van der Waals surface area contributed by atoms with E-state index in [2.05, 4.69) is 45.3 Å². The Morgan fingerprint density at radius 1 is 1.40 bits per heavy atom. The fourth-order valence-electron chi connectivity index (χ4n) is 2.50. The average Bonchev–Trinajstić information content (AvgIpc) is 2.46. The van der Waals surface area contributed by atoms with E-state index in [4.69, 9.17) is 4.74 Å². The van der Waals surface area contributed by atoms with E-state index in [1.54, 1.807) is 0 Å². The molecule has 0 radical (unpaired) electrons. The normalized spacial score (nSPS) is 17.4. The summed E-state index contributed by atoms with van der Waals surface area (Å²) in [7, 11) is 0. The molecule has 1 unspecified atom stereocenters. The molecule has 0 saturated carbocycles. The van der Waals surface area contributed by atoms with Crippen molar-refractivity contribution in [3.63, 3.8) is 0 Å². The van der Waals surface area contributed by atoms with Crippen LogP contribution in [0.2, 0.25) is 0 Å². The van der Waals surface area contributed by atoms with Crippen LogP contribution in [0, 0.1) is 6.92 Å². The Morgan fingerprint density at radius 2 is 2.30 bits per heavy atom. The zero-order chi connectivity index (χ0) is 13.9. The highest BCUT2D eigenvalue weighted by Gasteiger charge is 2.21. The lowest BCUT2D eigenvalue weighted by molar-refractivity contribution is 0.252. The van der Waals surface area contributed by atoms with Crippen LogP contribution in [0.25, 0.3) is 0 Å². The summed E-state index contributed by atoms with van der Waals surface area (Å²) in [4.78, 5) is 4.43. The Kier molecular flexibility index (Phi) is 4.03. The van der Waals surface area contributed by atoms with Gasteiger partial charge in [0.15, 0.2) is 0 Å². The Balaban J connectivity index is 1.77. The predicted octanol–water partition coefficient (Wildman–Crippen LogP) is 3.77. The van der Waals surface area contributed by atoms with E-state index in [0.717, 1.165) is 35.5 Å². The highest BCUT2D eigenvalue weighted by Crippen LogP contribution is 2.34. The van der Waals surface area contributed by atoms with Crippen LogP contribution in [0.5, 0.6) is 5.75 Å². The first-order valence-corrected chi connectivity index (χ1v) is 7.59. The number of nitrogens with one attached hydrogen (secondary N) is 1. The third-order valence-corrected chi connectivity index (χ3v) is 4.14. The average molecular weight is 333 g/mol. The van der Waals surface area contributed by atoms with Crippen LogP contribution in [-0.4, -0.2) is 11.6 Å². The lowest BCUT2D eigenvalue weighted by atomic mass is 10.0. The fourth-order valence-corrected chi connectivity index (χ4v) is 2.88. The van der Waals surface area contributed by atoms with Crippen LogP contribution >= 0.6 is 15.9 Å². The smallest absolute Gasteiger partial charge is 0.124 e. The van der Waals surface area contributed by atoms with Gasteiger partial charge in [-0.15, -0.1) is 0 Å². The number of pyridine rings is 1. The van der Waals surface area contributed by atoms with Crippen LogP contribution in [-0.2, 0) is 6.54 Å². The van der Waals surface area contributed by atoms with Crippen molar-refractivity contribution in [2.24, 2.45) is 0 Å². The van der Waals surface area contributed by atoms with Crippen molar-refractivity contribution in [2.45, 2.75) is 25.9 Å². The molecule has 20 heavy (non-hydrogen) atoms. The number of nitrogens with zero attached hydrogens (tertiary/aromatic N) is 1. The first kappa shape index (κ1) is 13.6. The monoisotopic (exact) mass is 332 g/mol. The quantitative estimate of drug-likeness (QED) is 0.929. The van der Waals surface area contributed by atoms with Gasteiger partial charge in [0, 0.05) is 35.2 Å².